The first-order chi connectivity index (χ1) is 11.4. The van der Waals surface area contributed by atoms with Crippen molar-refractivity contribution in [2.75, 3.05) is 13.2 Å². The van der Waals surface area contributed by atoms with Crippen molar-refractivity contribution >= 4 is 11.8 Å². The molecule has 1 aromatic rings. The molecule has 0 aliphatic rings. The number of hydrogen-bond donors (Lipinski definition) is 2. The molecule has 0 radical (unpaired) electrons. The largest absolute Gasteiger partial charge is 0.448 e. The Labute approximate surface area is 142 Å². The van der Waals surface area contributed by atoms with E-state index in [9.17, 15) is 28.1 Å². The number of ether oxygens (including phenoxy) is 1. The van der Waals surface area contributed by atoms with Gasteiger partial charge in [-0.1, -0.05) is 6.07 Å². The summed E-state index contributed by atoms with van der Waals surface area (Å²) in [5, 5.41) is 15.9. The first-order valence-electron chi connectivity index (χ1n) is 7.40. The van der Waals surface area contributed by atoms with E-state index in [0.717, 1.165) is 12.1 Å². The number of halogens is 3. The SMILES string of the molecule is CC(C)(C)NC(=O)OCCNCc1ccc([N+](=O)[O-])cc1C(F)(F)F. The highest BCUT2D eigenvalue weighted by Crippen LogP contribution is 2.34. The molecule has 2 N–H and O–H groups in total. The molecular weight excluding hydrogens is 343 g/mol. The predicted molar refractivity (Wildman–Crippen MR) is 84.0 cm³/mol. The van der Waals surface area contributed by atoms with Gasteiger partial charge in [-0.3, -0.25) is 10.1 Å². The van der Waals surface area contributed by atoms with Crippen molar-refractivity contribution in [3.8, 4) is 0 Å². The average molecular weight is 363 g/mol. The number of nitrogens with zero attached hydrogens (tertiary/aromatic N) is 1. The van der Waals surface area contributed by atoms with Crippen LogP contribution in [0.2, 0.25) is 0 Å². The Morgan fingerprint density at radius 2 is 1.92 bits per heavy atom. The van der Waals surface area contributed by atoms with E-state index < -0.39 is 34.0 Å². The van der Waals surface area contributed by atoms with Gasteiger partial charge in [0, 0.05) is 30.8 Å². The van der Waals surface area contributed by atoms with Crippen LogP contribution in [0.15, 0.2) is 18.2 Å². The molecule has 0 aliphatic carbocycles. The van der Waals surface area contributed by atoms with E-state index in [4.69, 9.17) is 4.74 Å². The number of nitro groups is 1. The van der Waals surface area contributed by atoms with Crippen LogP contribution in [0, 0.1) is 10.1 Å². The van der Waals surface area contributed by atoms with Crippen molar-refractivity contribution in [1.82, 2.24) is 10.6 Å². The molecule has 140 valence electrons. The molecule has 25 heavy (non-hydrogen) atoms. The quantitative estimate of drug-likeness (QED) is 0.460. The third-order valence-corrected chi connectivity index (χ3v) is 2.91. The van der Waals surface area contributed by atoms with Crippen molar-refractivity contribution in [1.29, 1.82) is 0 Å². The molecule has 0 aromatic heterocycles. The van der Waals surface area contributed by atoms with Crippen molar-refractivity contribution in [2.45, 2.75) is 39.0 Å². The average Bonchev–Trinajstić information content (AvgIpc) is 2.43. The van der Waals surface area contributed by atoms with Crippen LogP contribution in [0.5, 0.6) is 0 Å². The van der Waals surface area contributed by atoms with Crippen LogP contribution >= 0.6 is 0 Å². The fraction of sp³-hybridized carbons (Fsp3) is 0.533. The number of alkyl halides is 3. The highest BCUT2D eigenvalue weighted by Gasteiger charge is 2.34. The van der Waals surface area contributed by atoms with Crippen LogP contribution in [0.25, 0.3) is 0 Å². The fourth-order valence-electron chi connectivity index (χ4n) is 1.88. The summed E-state index contributed by atoms with van der Waals surface area (Å²) in [5.41, 5.74) is -2.28. The number of carbonyl (C=O) groups is 1. The Kier molecular flexibility index (Phi) is 6.74. The van der Waals surface area contributed by atoms with Gasteiger partial charge in [-0.05, 0) is 26.3 Å². The van der Waals surface area contributed by atoms with Crippen LogP contribution in [0.4, 0.5) is 23.7 Å². The summed E-state index contributed by atoms with van der Waals surface area (Å²) >= 11 is 0. The van der Waals surface area contributed by atoms with E-state index in [2.05, 4.69) is 10.6 Å². The van der Waals surface area contributed by atoms with Crippen molar-refractivity contribution in [3.05, 3.63) is 39.4 Å². The minimum atomic E-state index is -4.70. The maximum atomic E-state index is 13.0. The van der Waals surface area contributed by atoms with Gasteiger partial charge in [0.25, 0.3) is 5.69 Å². The maximum Gasteiger partial charge on any atom is 0.416 e. The molecule has 0 unspecified atom stereocenters. The molecule has 0 saturated carbocycles. The van der Waals surface area contributed by atoms with Crippen LogP contribution in [-0.4, -0.2) is 29.7 Å². The van der Waals surface area contributed by atoms with Gasteiger partial charge in [-0.25, -0.2) is 4.79 Å². The van der Waals surface area contributed by atoms with Crippen LogP contribution in [0.3, 0.4) is 0 Å². The number of hydrogen-bond acceptors (Lipinski definition) is 5. The third-order valence-electron chi connectivity index (χ3n) is 2.91. The Bertz CT molecular complexity index is 627. The Hall–Kier alpha value is -2.36. The molecular formula is C15H20F3N3O4. The molecule has 0 saturated heterocycles. The number of amides is 1. The summed E-state index contributed by atoms with van der Waals surface area (Å²) in [5.74, 6) is 0. The lowest BCUT2D eigenvalue weighted by Gasteiger charge is -2.20. The Morgan fingerprint density at radius 3 is 2.44 bits per heavy atom. The van der Waals surface area contributed by atoms with Gasteiger partial charge in [-0.15, -0.1) is 0 Å². The van der Waals surface area contributed by atoms with Crippen LogP contribution in [-0.2, 0) is 17.5 Å². The fourth-order valence-corrected chi connectivity index (χ4v) is 1.88. The van der Waals surface area contributed by atoms with Crippen LogP contribution < -0.4 is 10.6 Å². The van der Waals surface area contributed by atoms with Gasteiger partial charge < -0.3 is 15.4 Å². The van der Waals surface area contributed by atoms with E-state index in [-0.39, 0.29) is 25.3 Å². The van der Waals surface area contributed by atoms with Gasteiger partial charge in [0.05, 0.1) is 10.5 Å². The van der Waals surface area contributed by atoms with E-state index in [1.54, 1.807) is 20.8 Å². The zero-order chi connectivity index (χ0) is 19.3. The van der Waals surface area contributed by atoms with Gasteiger partial charge in [-0.2, -0.15) is 13.2 Å². The summed E-state index contributed by atoms with van der Waals surface area (Å²) in [6.07, 6.45) is -5.33. The highest BCUT2D eigenvalue weighted by atomic mass is 19.4. The second kappa shape index (κ2) is 8.15. The molecule has 0 heterocycles. The topological polar surface area (TPSA) is 93.5 Å². The second-order valence-electron chi connectivity index (χ2n) is 6.28. The number of rotatable bonds is 6. The minimum absolute atomic E-state index is 0.0315. The summed E-state index contributed by atoms with van der Waals surface area (Å²) in [7, 11) is 0. The molecule has 0 aliphatic heterocycles. The maximum absolute atomic E-state index is 13.0. The Morgan fingerprint density at radius 1 is 1.28 bits per heavy atom. The van der Waals surface area contributed by atoms with Gasteiger partial charge in [0.15, 0.2) is 0 Å². The summed E-state index contributed by atoms with van der Waals surface area (Å²) in [4.78, 5) is 21.1. The second-order valence-corrected chi connectivity index (χ2v) is 6.28. The van der Waals surface area contributed by atoms with Gasteiger partial charge in [0.1, 0.15) is 6.61 Å². The first kappa shape index (κ1) is 20.7. The molecule has 10 heteroatoms. The third kappa shape index (κ3) is 7.38. The summed E-state index contributed by atoms with van der Waals surface area (Å²) < 4.78 is 43.9. The van der Waals surface area contributed by atoms with E-state index >= 15 is 0 Å². The molecule has 7 nitrogen and oxygen atoms in total. The minimum Gasteiger partial charge on any atom is -0.448 e. The van der Waals surface area contributed by atoms with E-state index in [1.807, 2.05) is 0 Å². The van der Waals surface area contributed by atoms with Gasteiger partial charge >= 0.3 is 12.3 Å². The lowest BCUT2D eigenvalue weighted by atomic mass is 10.1. The summed E-state index contributed by atoms with van der Waals surface area (Å²) in [6.45, 7) is 5.26. The number of non-ortho nitro benzene ring substituents is 1. The van der Waals surface area contributed by atoms with Crippen molar-refractivity contribution in [2.24, 2.45) is 0 Å². The predicted octanol–water partition coefficient (Wildman–Crippen LogP) is 3.23. The molecule has 0 fully saturated rings. The number of nitrogens with one attached hydrogen (secondary N) is 2. The molecule has 1 amide bonds. The Balaban J connectivity index is 2.57. The van der Waals surface area contributed by atoms with E-state index in [1.165, 1.54) is 0 Å². The van der Waals surface area contributed by atoms with Crippen molar-refractivity contribution in [3.63, 3.8) is 0 Å². The molecule has 0 atom stereocenters. The molecule has 0 spiro atoms. The van der Waals surface area contributed by atoms with Gasteiger partial charge in [0.2, 0.25) is 0 Å². The molecule has 1 aromatic carbocycles. The standard InChI is InChI=1S/C15H20F3N3O4/c1-14(2,3)20-13(22)25-7-6-19-9-10-4-5-11(21(23)24)8-12(10)15(16,17)18/h4-5,8,19H,6-7,9H2,1-3H3,(H,20,22). The normalized spacial score (nSPS) is 11.9. The number of alkyl carbamates (subject to hydrolysis) is 1. The van der Waals surface area contributed by atoms with E-state index in [0.29, 0.717) is 6.07 Å². The first-order valence-corrected chi connectivity index (χ1v) is 7.40. The number of nitro benzene ring substituents is 1. The monoisotopic (exact) mass is 363 g/mol. The number of carbonyl (C=O) groups excluding carboxylic acids is 1. The number of benzene rings is 1. The zero-order valence-electron chi connectivity index (χ0n) is 14.1. The lowest BCUT2D eigenvalue weighted by molar-refractivity contribution is -0.385. The van der Waals surface area contributed by atoms with Crippen LogP contribution in [0.1, 0.15) is 31.9 Å². The lowest BCUT2D eigenvalue weighted by Crippen LogP contribution is -2.41. The molecule has 0 bridgehead atoms. The smallest absolute Gasteiger partial charge is 0.416 e. The van der Waals surface area contributed by atoms with Crippen molar-refractivity contribution < 1.29 is 27.6 Å². The summed E-state index contributed by atoms with van der Waals surface area (Å²) in [6, 6.07) is 2.57. The zero-order valence-corrected chi connectivity index (χ0v) is 14.1. The highest BCUT2D eigenvalue weighted by molar-refractivity contribution is 5.68. The molecule has 1 rings (SSSR count).